The van der Waals surface area contributed by atoms with Gasteiger partial charge in [-0.2, -0.15) is 0 Å². The number of carbonyl (C=O) groups is 1. The van der Waals surface area contributed by atoms with Gasteiger partial charge >= 0.3 is 0 Å². The van der Waals surface area contributed by atoms with Crippen LogP contribution in [0, 0.1) is 0 Å². The van der Waals surface area contributed by atoms with Gasteiger partial charge in [0.15, 0.2) is 5.76 Å². The van der Waals surface area contributed by atoms with Crippen molar-refractivity contribution in [1.82, 2.24) is 0 Å². The molecule has 1 aromatic heterocycles. The molecule has 0 aliphatic rings. The van der Waals surface area contributed by atoms with Gasteiger partial charge in [0.05, 0.1) is 18.4 Å². The van der Waals surface area contributed by atoms with E-state index in [1.54, 1.807) is 30.3 Å². The van der Waals surface area contributed by atoms with Crippen LogP contribution in [0.15, 0.2) is 41.0 Å². The van der Waals surface area contributed by atoms with E-state index in [0.717, 1.165) is 0 Å². The Morgan fingerprint density at radius 2 is 2.19 bits per heavy atom. The molecule has 0 aliphatic heterocycles. The first-order chi connectivity index (χ1) is 7.72. The minimum absolute atomic E-state index is 0.194. The fourth-order valence-electron chi connectivity index (χ4n) is 1.35. The van der Waals surface area contributed by atoms with Crippen LogP contribution in [0.5, 0.6) is 5.75 Å². The molecule has 1 aromatic carbocycles. The van der Waals surface area contributed by atoms with E-state index >= 15 is 0 Å². The Morgan fingerprint density at radius 1 is 1.38 bits per heavy atom. The summed E-state index contributed by atoms with van der Waals surface area (Å²) in [6.07, 6.45) is 1.46. The van der Waals surface area contributed by atoms with Crippen LogP contribution in [-0.4, -0.2) is 12.9 Å². The van der Waals surface area contributed by atoms with Crippen molar-refractivity contribution >= 4 is 17.4 Å². The maximum atomic E-state index is 11.9. The molecule has 82 valence electrons. The Hall–Kier alpha value is -1.74. The van der Waals surface area contributed by atoms with Gasteiger partial charge < -0.3 is 9.15 Å². The molecule has 0 bridgehead atoms. The summed E-state index contributed by atoms with van der Waals surface area (Å²) in [5.74, 6) is 0.573. The van der Waals surface area contributed by atoms with Gasteiger partial charge in [0, 0.05) is 5.56 Å². The van der Waals surface area contributed by atoms with Crippen LogP contribution < -0.4 is 4.74 Å². The largest absolute Gasteiger partial charge is 0.495 e. The number of halogens is 1. The predicted molar refractivity (Wildman–Crippen MR) is 60.1 cm³/mol. The van der Waals surface area contributed by atoms with Crippen LogP contribution in [0.3, 0.4) is 0 Å². The molecular formula is C12H9ClO3. The third kappa shape index (κ3) is 1.95. The zero-order chi connectivity index (χ0) is 11.5. The van der Waals surface area contributed by atoms with Crippen LogP contribution in [0.1, 0.15) is 16.1 Å². The van der Waals surface area contributed by atoms with Gasteiger partial charge in [-0.25, -0.2) is 0 Å². The predicted octanol–water partition coefficient (Wildman–Crippen LogP) is 3.17. The van der Waals surface area contributed by atoms with Crippen molar-refractivity contribution in [1.29, 1.82) is 0 Å². The van der Waals surface area contributed by atoms with E-state index in [1.807, 2.05) is 0 Å². The van der Waals surface area contributed by atoms with Gasteiger partial charge in [-0.1, -0.05) is 11.6 Å². The molecule has 0 radical (unpaired) electrons. The number of ketones is 1. The van der Waals surface area contributed by atoms with Crippen molar-refractivity contribution in [2.75, 3.05) is 7.11 Å². The topological polar surface area (TPSA) is 39.4 Å². The first kappa shape index (κ1) is 10.8. The maximum absolute atomic E-state index is 11.9. The SMILES string of the molecule is COc1cc(C(=O)c2ccco2)ccc1Cl. The lowest BCUT2D eigenvalue weighted by atomic mass is 10.1. The number of methoxy groups -OCH3 is 1. The Balaban J connectivity index is 2.38. The molecule has 2 rings (SSSR count). The average molecular weight is 237 g/mol. The molecule has 0 N–H and O–H groups in total. The van der Waals surface area contributed by atoms with E-state index in [2.05, 4.69) is 0 Å². The second-order valence-corrected chi connectivity index (χ2v) is 3.56. The number of hydrogen-bond donors (Lipinski definition) is 0. The Bertz CT molecular complexity index is 503. The highest BCUT2D eigenvalue weighted by atomic mass is 35.5. The van der Waals surface area contributed by atoms with E-state index in [0.29, 0.717) is 22.1 Å². The normalized spacial score (nSPS) is 10.1. The quantitative estimate of drug-likeness (QED) is 0.769. The van der Waals surface area contributed by atoms with Crippen molar-refractivity contribution in [2.45, 2.75) is 0 Å². The molecule has 0 fully saturated rings. The molecule has 16 heavy (non-hydrogen) atoms. The number of ether oxygens (including phenoxy) is 1. The second kappa shape index (κ2) is 4.41. The monoisotopic (exact) mass is 236 g/mol. The lowest BCUT2D eigenvalue weighted by molar-refractivity contribution is 0.101. The molecule has 0 saturated heterocycles. The summed E-state index contributed by atoms with van der Waals surface area (Å²) < 4.78 is 10.1. The highest BCUT2D eigenvalue weighted by molar-refractivity contribution is 6.32. The van der Waals surface area contributed by atoms with Crippen LogP contribution in [0.2, 0.25) is 5.02 Å². The van der Waals surface area contributed by atoms with Gasteiger partial charge in [0.2, 0.25) is 5.78 Å². The summed E-state index contributed by atoms with van der Waals surface area (Å²) in [7, 11) is 1.50. The molecule has 0 aliphatic carbocycles. The second-order valence-electron chi connectivity index (χ2n) is 3.16. The molecule has 0 atom stereocenters. The Morgan fingerprint density at radius 3 is 2.81 bits per heavy atom. The Kier molecular flexibility index (Phi) is 2.97. The van der Waals surface area contributed by atoms with Crippen LogP contribution in [0.4, 0.5) is 0 Å². The van der Waals surface area contributed by atoms with Crippen molar-refractivity contribution < 1.29 is 13.9 Å². The Labute approximate surface area is 97.6 Å². The maximum Gasteiger partial charge on any atom is 0.228 e. The van der Waals surface area contributed by atoms with Gasteiger partial charge in [-0.05, 0) is 30.3 Å². The number of hydrogen-bond acceptors (Lipinski definition) is 3. The minimum Gasteiger partial charge on any atom is -0.495 e. The van der Waals surface area contributed by atoms with Crippen molar-refractivity contribution in [3.8, 4) is 5.75 Å². The molecule has 0 amide bonds. The van der Waals surface area contributed by atoms with E-state index in [1.165, 1.54) is 13.4 Å². The molecule has 1 heterocycles. The molecular weight excluding hydrogens is 228 g/mol. The van der Waals surface area contributed by atoms with Crippen molar-refractivity contribution in [2.24, 2.45) is 0 Å². The number of carbonyl (C=O) groups excluding carboxylic acids is 1. The first-order valence-corrected chi connectivity index (χ1v) is 5.02. The van der Waals surface area contributed by atoms with Gasteiger partial charge in [-0.3, -0.25) is 4.79 Å². The number of rotatable bonds is 3. The van der Waals surface area contributed by atoms with Crippen LogP contribution in [-0.2, 0) is 0 Å². The van der Waals surface area contributed by atoms with Gasteiger partial charge in [0.1, 0.15) is 5.75 Å². The van der Waals surface area contributed by atoms with E-state index in [-0.39, 0.29) is 5.78 Å². The highest BCUT2D eigenvalue weighted by Gasteiger charge is 2.13. The number of benzene rings is 1. The van der Waals surface area contributed by atoms with Gasteiger partial charge in [-0.15, -0.1) is 0 Å². The molecule has 0 saturated carbocycles. The highest BCUT2D eigenvalue weighted by Crippen LogP contribution is 2.26. The smallest absolute Gasteiger partial charge is 0.228 e. The molecule has 0 spiro atoms. The average Bonchev–Trinajstić information content (AvgIpc) is 2.82. The zero-order valence-corrected chi connectivity index (χ0v) is 9.32. The third-order valence-electron chi connectivity index (χ3n) is 2.16. The molecule has 2 aromatic rings. The summed E-state index contributed by atoms with van der Waals surface area (Å²) >= 11 is 5.87. The fraction of sp³-hybridized carbons (Fsp3) is 0.0833. The third-order valence-corrected chi connectivity index (χ3v) is 2.47. The van der Waals surface area contributed by atoms with Crippen LogP contribution >= 0.6 is 11.6 Å². The van der Waals surface area contributed by atoms with E-state index in [4.69, 9.17) is 20.8 Å². The fourth-order valence-corrected chi connectivity index (χ4v) is 1.55. The lowest BCUT2D eigenvalue weighted by Gasteiger charge is -2.04. The summed E-state index contributed by atoms with van der Waals surface area (Å²) in [4.78, 5) is 11.9. The van der Waals surface area contributed by atoms with Crippen LogP contribution in [0.25, 0.3) is 0 Å². The lowest BCUT2D eigenvalue weighted by Crippen LogP contribution is -2.00. The minimum atomic E-state index is -0.194. The summed E-state index contributed by atoms with van der Waals surface area (Å²) in [6, 6.07) is 8.13. The molecule has 4 heteroatoms. The van der Waals surface area contributed by atoms with Gasteiger partial charge in [0.25, 0.3) is 0 Å². The first-order valence-electron chi connectivity index (χ1n) is 4.64. The molecule has 3 nitrogen and oxygen atoms in total. The van der Waals surface area contributed by atoms with Crippen molar-refractivity contribution in [3.63, 3.8) is 0 Å². The van der Waals surface area contributed by atoms with E-state index in [9.17, 15) is 4.79 Å². The van der Waals surface area contributed by atoms with Crippen molar-refractivity contribution in [3.05, 3.63) is 52.9 Å². The molecule has 0 unspecified atom stereocenters. The zero-order valence-electron chi connectivity index (χ0n) is 8.57. The number of furan rings is 1. The summed E-state index contributed by atoms with van der Waals surface area (Å²) in [5, 5.41) is 0.471. The standard InChI is InChI=1S/C12H9ClO3/c1-15-11-7-8(4-5-9(11)13)12(14)10-3-2-6-16-10/h2-7H,1H3. The summed E-state index contributed by atoms with van der Waals surface area (Å²) in [5.41, 5.74) is 0.483. The van der Waals surface area contributed by atoms with E-state index < -0.39 is 0 Å². The summed E-state index contributed by atoms with van der Waals surface area (Å²) in [6.45, 7) is 0.